The highest BCUT2D eigenvalue weighted by atomic mass is 32.2. The number of ether oxygens (including phenoxy) is 4. The van der Waals surface area contributed by atoms with E-state index in [1.54, 1.807) is 41.5 Å². The molecule has 0 unspecified atom stereocenters. The predicted molar refractivity (Wildman–Crippen MR) is 544 cm³/mol. The van der Waals surface area contributed by atoms with Crippen molar-refractivity contribution in [3.63, 3.8) is 0 Å². The summed E-state index contributed by atoms with van der Waals surface area (Å²) in [6.45, 7) is 27.6. The Hall–Kier alpha value is -11.9. The van der Waals surface area contributed by atoms with E-state index in [9.17, 15) is 0 Å². The van der Waals surface area contributed by atoms with E-state index < -0.39 is 0 Å². The number of para-hydroxylation sites is 3. The first-order valence-corrected chi connectivity index (χ1v) is 51.1. The lowest BCUT2D eigenvalue weighted by Gasteiger charge is -2.25. The van der Waals surface area contributed by atoms with Gasteiger partial charge in [0.1, 0.15) is 55.5 Å². The van der Waals surface area contributed by atoms with Gasteiger partial charge >= 0.3 is 0 Å². The number of aromatic nitrogens is 12. The van der Waals surface area contributed by atoms with Crippen LogP contribution in [0.15, 0.2) is 255 Å². The maximum absolute atomic E-state index is 6.23. The van der Waals surface area contributed by atoms with E-state index in [2.05, 4.69) is 247 Å². The lowest BCUT2D eigenvalue weighted by atomic mass is 9.85. The monoisotopic (exact) mass is 1840 g/mol. The summed E-state index contributed by atoms with van der Waals surface area (Å²) in [5.74, 6) is 11.1. The maximum Gasteiger partial charge on any atom is 0.228 e. The number of unbranched alkanes of at least 4 members (excludes halogenated alkanes) is 12. The highest BCUT2D eigenvalue weighted by molar-refractivity contribution is 8.00. The van der Waals surface area contributed by atoms with E-state index in [1.807, 2.05) is 97.7 Å². The first-order chi connectivity index (χ1) is 65.6. The molecule has 0 atom stereocenters. The third-order valence-electron chi connectivity index (χ3n) is 24.8. The van der Waals surface area contributed by atoms with Crippen LogP contribution in [0.25, 0.3) is 0 Å². The summed E-state index contributed by atoms with van der Waals surface area (Å²) >= 11 is 5.32. The maximum atomic E-state index is 6.23. The van der Waals surface area contributed by atoms with Crippen LogP contribution in [0.4, 0.5) is 11.9 Å². The lowest BCUT2D eigenvalue weighted by Crippen LogP contribution is -2.24. The molecule has 18 nitrogen and oxygen atoms in total. The van der Waals surface area contributed by atoms with Gasteiger partial charge in [-0.25, -0.2) is 44.9 Å². The molecule has 134 heavy (non-hydrogen) atoms. The van der Waals surface area contributed by atoms with Gasteiger partial charge in [-0.3, -0.25) is 0 Å². The summed E-state index contributed by atoms with van der Waals surface area (Å²) in [7, 11) is 0. The average molecular weight is 1840 g/mol. The van der Waals surface area contributed by atoms with E-state index in [1.165, 1.54) is 159 Å². The zero-order chi connectivity index (χ0) is 93.0. The quantitative estimate of drug-likeness (QED) is 0.0408. The minimum atomic E-state index is 0.115. The van der Waals surface area contributed by atoms with Gasteiger partial charge in [-0.2, -0.15) is 15.0 Å². The van der Waals surface area contributed by atoms with Crippen molar-refractivity contribution in [1.29, 1.82) is 0 Å². The second kappa shape index (κ2) is 48.3. The van der Waals surface area contributed by atoms with Crippen LogP contribution in [0.1, 0.15) is 272 Å². The SMILES string of the molecule is CCCCCCCc1nc(C)c2c(n1)Oc1cc(C(C)(C)C)ccc1C2.CCCCCCCc1ncc2c(n1)Oc1ccccc1C2.CCCCCCCc1ncc2c(n1)Sc1ccccc1C2.CCN(CC)c1ncc2c(n1)Oc1ccccc1C2.CCN(CC)c1ncc2c(n1)Sc1ccccc1C2.c1ccc2c(c1)Cc1cccnc1O2.c1ccc2c(c1)Cc1cccnc1S2. The van der Waals surface area contributed by atoms with Gasteiger partial charge in [-0.05, 0) is 164 Å². The van der Waals surface area contributed by atoms with Crippen LogP contribution in [0.5, 0.6) is 46.5 Å². The van der Waals surface area contributed by atoms with E-state index in [-0.39, 0.29) is 5.41 Å². The zero-order valence-corrected chi connectivity index (χ0v) is 82.4. The summed E-state index contributed by atoms with van der Waals surface area (Å²) in [4.78, 5) is 63.0. The number of hydrogen-bond donors (Lipinski definition) is 0. The molecule has 0 aliphatic carbocycles. The highest BCUT2D eigenvalue weighted by Gasteiger charge is 2.28. The van der Waals surface area contributed by atoms with Crippen molar-refractivity contribution in [2.75, 3.05) is 36.0 Å². The number of aryl methyl sites for hydroxylation is 4. The molecule has 7 aromatic heterocycles. The molecule has 0 fully saturated rings. The van der Waals surface area contributed by atoms with Crippen LogP contribution < -0.4 is 28.7 Å². The molecule has 0 saturated heterocycles. The predicted octanol–water partition coefficient (Wildman–Crippen LogP) is 28.3. The van der Waals surface area contributed by atoms with Crippen LogP contribution in [0.2, 0.25) is 0 Å². The van der Waals surface area contributed by atoms with Crippen LogP contribution in [0.3, 0.4) is 0 Å². The van der Waals surface area contributed by atoms with Crippen molar-refractivity contribution in [1.82, 2.24) is 59.8 Å². The fourth-order valence-corrected chi connectivity index (χ4v) is 20.0. The molecule has 0 spiro atoms. The fourth-order valence-electron chi connectivity index (χ4n) is 16.9. The van der Waals surface area contributed by atoms with Gasteiger partial charge in [0.15, 0.2) is 0 Å². The number of hydrogen-bond acceptors (Lipinski definition) is 21. The minimum Gasteiger partial charge on any atom is -0.438 e. The summed E-state index contributed by atoms with van der Waals surface area (Å²) in [6.07, 6.45) is 39.9. The van der Waals surface area contributed by atoms with E-state index in [0.29, 0.717) is 5.88 Å². The molecule has 7 aromatic carbocycles. The molecule has 7 aliphatic rings. The molecule has 692 valence electrons. The van der Waals surface area contributed by atoms with Crippen molar-refractivity contribution in [2.45, 2.75) is 272 Å². The lowest BCUT2D eigenvalue weighted by molar-refractivity contribution is 0.431. The molecule has 0 bridgehead atoms. The summed E-state index contributed by atoms with van der Waals surface area (Å²) in [5, 5.41) is 3.43. The van der Waals surface area contributed by atoms with Crippen LogP contribution in [-0.2, 0) is 69.6 Å². The molecule has 21 rings (SSSR count). The Balaban J connectivity index is 0.000000120. The second-order valence-corrected chi connectivity index (χ2v) is 38.8. The topological polar surface area (TPSA) is 198 Å². The Kier molecular flexibility index (Phi) is 34.9. The standard InChI is InChI=1S/C23H32N2O.C18H22N2O.C18H22N2S.C15H17N3O.C15H17N3S.C12H9NO.C12H9NS/c1-6-7-8-9-10-11-21-24-16(2)19-14-17-12-13-18(23(3,4)5)15-20(17)26-22(19)25-21;2*1-2-3-4-5-6-11-17-19-13-15-12-14-9-7-8-10-16(14)21-18(15)20-17;2*1-3-18(4-2)15-16-10-12-9-11-7-5-6-8-13(11)19-14(12)17-15;2*1-2-6-11-9(4-1)8-10-5-3-7-13-12(10)14-11/h12-13,15H,6-11,14H2,1-5H3;2*7-10,13H,2-6,11-12H2,1H3;2*5-8,10H,3-4,9H2,1-2H3;2*1-7H,8H2. The Labute approximate surface area is 806 Å². The fraction of sp³-hybridized carbons (Fsp3) is 0.363. The number of anilines is 2. The Bertz CT molecular complexity index is 5760. The number of benzene rings is 7. The number of rotatable bonds is 24. The van der Waals surface area contributed by atoms with Crippen molar-refractivity contribution in [2.24, 2.45) is 0 Å². The first kappa shape index (κ1) is 96.7. The summed E-state index contributed by atoms with van der Waals surface area (Å²) < 4.78 is 23.7. The molecule has 14 aromatic rings. The third kappa shape index (κ3) is 26.0. The van der Waals surface area contributed by atoms with Gasteiger partial charge in [-0.15, -0.1) is 0 Å². The van der Waals surface area contributed by atoms with Gasteiger partial charge < -0.3 is 28.7 Å². The number of fused-ring (bicyclic) bond motifs is 14. The molecule has 0 N–H and O–H groups in total. The number of pyridine rings is 2. The Morgan fingerprint density at radius 3 is 1.20 bits per heavy atom. The molecule has 0 radical (unpaired) electrons. The van der Waals surface area contributed by atoms with Gasteiger partial charge in [0.25, 0.3) is 0 Å². The Morgan fingerprint density at radius 1 is 0.291 bits per heavy atom. The van der Waals surface area contributed by atoms with E-state index >= 15 is 0 Å². The zero-order valence-electron chi connectivity index (χ0n) is 80.0. The second-order valence-electron chi connectivity index (χ2n) is 35.7. The average Bonchev–Trinajstić information content (AvgIpc) is 0.777. The van der Waals surface area contributed by atoms with Gasteiger partial charge in [-0.1, -0.05) is 287 Å². The van der Waals surface area contributed by atoms with Crippen molar-refractivity contribution in [3.05, 3.63) is 332 Å². The molecular formula is C113H128N14O4S3. The van der Waals surface area contributed by atoms with Crippen LogP contribution >= 0.6 is 35.3 Å². The van der Waals surface area contributed by atoms with Gasteiger partial charge in [0, 0.05) is 181 Å². The number of nitrogens with zero attached hydrogens (tertiary/aromatic N) is 14. The molecule has 7 aliphatic heterocycles. The molecule has 0 saturated carbocycles. The van der Waals surface area contributed by atoms with E-state index in [0.717, 1.165) is 216 Å². The molecular weight excluding hydrogens is 1710 g/mol. The summed E-state index contributed by atoms with van der Waals surface area (Å²) in [6, 6.07) is 64.7. The van der Waals surface area contributed by atoms with E-state index in [4.69, 9.17) is 38.9 Å². The first-order valence-electron chi connectivity index (χ1n) is 48.6. The van der Waals surface area contributed by atoms with Crippen LogP contribution in [-0.4, -0.2) is 86.0 Å². The van der Waals surface area contributed by atoms with Crippen molar-refractivity contribution < 1.29 is 18.9 Å². The smallest absolute Gasteiger partial charge is 0.228 e. The molecule has 0 amide bonds. The third-order valence-corrected chi connectivity index (χ3v) is 28.3. The van der Waals surface area contributed by atoms with Crippen molar-refractivity contribution >= 4 is 47.2 Å². The van der Waals surface area contributed by atoms with Crippen LogP contribution in [0, 0.1) is 6.92 Å². The Morgan fingerprint density at radius 2 is 0.672 bits per heavy atom. The highest BCUT2D eigenvalue weighted by Crippen LogP contribution is 2.45. The van der Waals surface area contributed by atoms with Gasteiger partial charge in [0.2, 0.25) is 35.4 Å². The van der Waals surface area contributed by atoms with Crippen molar-refractivity contribution in [3.8, 4) is 46.5 Å². The summed E-state index contributed by atoms with van der Waals surface area (Å²) in [5.41, 5.74) is 19.8. The normalized spacial score (nSPS) is 12.7. The molecule has 14 heterocycles. The largest absolute Gasteiger partial charge is 0.438 e. The minimum absolute atomic E-state index is 0.115. The molecule has 21 heteroatoms. The van der Waals surface area contributed by atoms with Gasteiger partial charge in [0.05, 0.1) is 0 Å².